The maximum atomic E-state index is 13.0. The van der Waals surface area contributed by atoms with E-state index >= 15 is 0 Å². The van der Waals surface area contributed by atoms with Gasteiger partial charge in [-0.2, -0.15) is 13.2 Å². The number of hydrogen-bond acceptors (Lipinski definition) is 4. The van der Waals surface area contributed by atoms with Gasteiger partial charge in [0.05, 0.1) is 6.42 Å². The van der Waals surface area contributed by atoms with Gasteiger partial charge in [0.2, 0.25) is 5.91 Å². The fourth-order valence-corrected chi connectivity index (χ4v) is 4.57. The van der Waals surface area contributed by atoms with Crippen LogP contribution in [0.4, 0.5) is 18.9 Å². The fourth-order valence-electron chi connectivity index (χ4n) is 4.45. The molecule has 0 N–H and O–H groups in total. The third kappa shape index (κ3) is 9.32. The molecular weight excluding hydrogens is 507 g/mol. The number of halogens is 4. The van der Waals surface area contributed by atoms with Crippen LogP contribution in [0, 0.1) is 0 Å². The number of fused-ring (bicyclic) bond motifs is 1. The van der Waals surface area contributed by atoms with Crippen LogP contribution in [0.2, 0.25) is 5.02 Å². The van der Waals surface area contributed by atoms with Crippen LogP contribution >= 0.6 is 11.6 Å². The topological polar surface area (TPSA) is 53.1 Å². The van der Waals surface area contributed by atoms with E-state index in [1.165, 1.54) is 12.0 Å². The largest absolute Gasteiger partial charge is 0.389 e. The molecule has 0 bridgehead atoms. The molecule has 1 aliphatic rings. The highest BCUT2D eigenvalue weighted by Crippen LogP contribution is 2.26. The molecule has 10 heteroatoms. The number of para-hydroxylation sites is 1. The average Bonchev–Trinajstić information content (AvgIpc) is 2.85. The first-order valence-corrected chi connectivity index (χ1v) is 12.7. The molecule has 2 aromatic carbocycles. The minimum atomic E-state index is -4.40. The molecule has 202 valence electrons. The minimum Gasteiger partial charge on any atom is -0.375 e. The first kappa shape index (κ1) is 28.9. The molecule has 3 rings (SSSR count). The van der Waals surface area contributed by atoms with Crippen LogP contribution in [0.15, 0.2) is 48.5 Å². The molecule has 0 spiro atoms. The monoisotopic (exact) mass is 539 g/mol. The summed E-state index contributed by atoms with van der Waals surface area (Å²) in [6.45, 7) is 2.79. The lowest BCUT2D eigenvalue weighted by Crippen LogP contribution is -2.40. The van der Waals surface area contributed by atoms with Crippen molar-refractivity contribution in [2.45, 2.75) is 44.9 Å². The van der Waals surface area contributed by atoms with E-state index in [0.717, 1.165) is 5.56 Å². The van der Waals surface area contributed by atoms with Gasteiger partial charge in [-0.1, -0.05) is 41.9 Å². The Morgan fingerprint density at radius 2 is 1.62 bits per heavy atom. The predicted octanol–water partition coefficient (Wildman–Crippen LogP) is 5.29. The Bertz CT molecular complexity index is 1030. The molecule has 1 aliphatic heterocycles. The van der Waals surface area contributed by atoms with E-state index in [0.29, 0.717) is 61.8 Å². The number of hydrogen-bond donors (Lipinski definition) is 0. The number of carbonyl (C=O) groups is 2. The van der Waals surface area contributed by atoms with Crippen molar-refractivity contribution in [3.05, 3.63) is 64.7 Å². The third-order valence-corrected chi connectivity index (χ3v) is 6.52. The van der Waals surface area contributed by atoms with Crippen LogP contribution < -0.4 is 4.90 Å². The Hall–Kier alpha value is -2.62. The SMILES string of the molecule is COCC(=O)N1CCCN(Cc2ccc(Cl)cc2)CCCN(C(=O)CCC(F)(F)F)Cc2ccccc21. The zero-order valence-corrected chi connectivity index (χ0v) is 21.7. The number of amides is 2. The zero-order chi connectivity index (χ0) is 26.8. The Morgan fingerprint density at radius 1 is 0.946 bits per heavy atom. The zero-order valence-electron chi connectivity index (χ0n) is 21.0. The van der Waals surface area contributed by atoms with Crippen molar-refractivity contribution in [3.63, 3.8) is 0 Å². The van der Waals surface area contributed by atoms with E-state index in [4.69, 9.17) is 16.3 Å². The number of carbonyl (C=O) groups excluding carboxylic acids is 2. The molecule has 0 aliphatic carbocycles. The smallest absolute Gasteiger partial charge is 0.375 e. The lowest BCUT2D eigenvalue weighted by molar-refractivity contribution is -0.149. The van der Waals surface area contributed by atoms with Gasteiger partial charge in [-0.25, -0.2) is 0 Å². The predicted molar refractivity (Wildman–Crippen MR) is 137 cm³/mol. The molecule has 0 saturated carbocycles. The second-order valence-corrected chi connectivity index (χ2v) is 9.58. The van der Waals surface area contributed by atoms with Crippen LogP contribution in [-0.2, 0) is 27.4 Å². The molecule has 0 unspecified atom stereocenters. The van der Waals surface area contributed by atoms with Gasteiger partial charge in [-0.05, 0) is 42.2 Å². The molecule has 0 fully saturated rings. The summed E-state index contributed by atoms with van der Waals surface area (Å²) in [5.41, 5.74) is 2.43. The molecule has 1 heterocycles. The number of methoxy groups -OCH3 is 1. The average molecular weight is 540 g/mol. The van der Waals surface area contributed by atoms with Crippen molar-refractivity contribution in [2.75, 3.05) is 44.8 Å². The van der Waals surface area contributed by atoms with Gasteiger partial charge < -0.3 is 14.5 Å². The van der Waals surface area contributed by atoms with E-state index in [-0.39, 0.29) is 19.1 Å². The van der Waals surface area contributed by atoms with Gasteiger partial charge in [0.25, 0.3) is 5.91 Å². The molecular formula is C27H33ClF3N3O3. The van der Waals surface area contributed by atoms with Crippen LogP contribution in [0.3, 0.4) is 0 Å². The van der Waals surface area contributed by atoms with Crippen LogP contribution in [0.25, 0.3) is 0 Å². The summed E-state index contributed by atoms with van der Waals surface area (Å²) in [6.07, 6.45) is -4.85. The van der Waals surface area contributed by atoms with Crippen molar-refractivity contribution >= 4 is 29.1 Å². The van der Waals surface area contributed by atoms with E-state index < -0.39 is 24.9 Å². The van der Waals surface area contributed by atoms with Gasteiger partial charge in [0.15, 0.2) is 0 Å². The van der Waals surface area contributed by atoms with Crippen molar-refractivity contribution in [2.24, 2.45) is 0 Å². The highest BCUT2D eigenvalue weighted by molar-refractivity contribution is 6.30. The summed E-state index contributed by atoms with van der Waals surface area (Å²) in [6, 6.07) is 14.8. The Balaban J connectivity index is 1.87. The molecule has 2 amide bonds. The van der Waals surface area contributed by atoms with Crippen LogP contribution in [0.1, 0.15) is 36.8 Å². The van der Waals surface area contributed by atoms with Crippen LogP contribution in [0.5, 0.6) is 0 Å². The number of nitrogens with zero attached hydrogens (tertiary/aromatic N) is 3. The van der Waals surface area contributed by atoms with Crippen molar-refractivity contribution in [3.8, 4) is 0 Å². The summed E-state index contributed by atoms with van der Waals surface area (Å²) >= 11 is 6.02. The standard InChI is InChI=1S/C27H33ClF3N3O3/c1-37-20-26(36)34-17-5-15-32(18-21-8-10-23(28)11-9-21)14-4-16-33(25(35)12-13-27(29,30)31)19-22-6-2-3-7-24(22)34/h2-3,6-11H,4-5,12-20H2,1H3. The maximum Gasteiger partial charge on any atom is 0.389 e. The number of rotatable bonds is 6. The van der Waals surface area contributed by atoms with Crippen LogP contribution in [-0.4, -0.2) is 67.7 Å². The number of alkyl halides is 3. The lowest BCUT2D eigenvalue weighted by atomic mass is 10.1. The molecule has 0 saturated heterocycles. The van der Waals surface area contributed by atoms with Gasteiger partial charge >= 0.3 is 6.18 Å². The maximum absolute atomic E-state index is 13.0. The Kier molecular flexibility index (Phi) is 10.8. The second kappa shape index (κ2) is 13.8. The summed E-state index contributed by atoms with van der Waals surface area (Å²) in [7, 11) is 1.45. The summed E-state index contributed by atoms with van der Waals surface area (Å²) < 4.78 is 43.6. The van der Waals surface area contributed by atoms with Crippen molar-refractivity contribution in [1.29, 1.82) is 0 Å². The van der Waals surface area contributed by atoms with E-state index in [9.17, 15) is 22.8 Å². The first-order valence-electron chi connectivity index (χ1n) is 12.3. The highest BCUT2D eigenvalue weighted by atomic mass is 35.5. The minimum absolute atomic E-state index is 0.100. The summed E-state index contributed by atoms with van der Waals surface area (Å²) in [4.78, 5) is 31.2. The van der Waals surface area contributed by atoms with Crippen molar-refractivity contribution < 1.29 is 27.5 Å². The number of anilines is 1. The van der Waals surface area contributed by atoms with Crippen molar-refractivity contribution in [1.82, 2.24) is 9.80 Å². The van der Waals surface area contributed by atoms with Gasteiger partial charge in [-0.3, -0.25) is 14.5 Å². The number of ether oxygens (including phenoxy) is 1. The van der Waals surface area contributed by atoms with E-state index in [2.05, 4.69) is 4.90 Å². The third-order valence-electron chi connectivity index (χ3n) is 6.27. The van der Waals surface area contributed by atoms with E-state index in [1.807, 2.05) is 30.3 Å². The van der Waals surface area contributed by atoms with Gasteiger partial charge in [0.1, 0.15) is 6.61 Å². The Labute approximate surface area is 220 Å². The normalized spacial score (nSPS) is 16.0. The first-order chi connectivity index (χ1) is 17.7. The fraction of sp³-hybridized carbons (Fsp3) is 0.481. The molecule has 0 atom stereocenters. The molecule has 0 aromatic heterocycles. The summed E-state index contributed by atoms with van der Waals surface area (Å²) in [5.74, 6) is -0.769. The summed E-state index contributed by atoms with van der Waals surface area (Å²) in [5, 5.41) is 0.649. The van der Waals surface area contributed by atoms with E-state index in [1.54, 1.807) is 23.1 Å². The van der Waals surface area contributed by atoms with Gasteiger partial charge in [-0.15, -0.1) is 0 Å². The second-order valence-electron chi connectivity index (χ2n) is 9.15. The highest BCUT2D eigenvalue weighted by Gasteiger charge is 2.30. The molecule has 0 radical (unpaired) electrons. The molecule has 6 nitrogen and oxygen atoms in total. The lowest BCUT2D eigenvalue weighted by Gasteiger charge is -2.31. The number of benzene rings is 2. The quantitative estimate of drug-likeness (QED) is 0.501. The molecule has 37 heavy (non-hydrogen) atoms. The van der Waals surface area contributed by atoms with Gasteiger partial charge in [0, 0.05) is 63.5 Å². The molecule has 2 aromatic rings. The Morgan fingerprint density at radius 3 is 2.30 bits per heavy atom.